The molecule has 2 aromatic rings. The lowest BCUT2D eigenvalue weighted by molar-refractivity contribution is -0.138. The summed E-state index contributed by atoms with van der Waals surface area (Å²) in [4.78, 5) is 11.5. The fourth-order valence-corrected chi connectivity index (χ4v) is 2.03. The van der Waals surface area contributed by atoms with Crippen LogP contribution in [0.1, 0.15) is 19.4 Å². The van der Waals surface area contributed by atoms with Crippen LogP contribution >= 0.6 is 0 Å². The lowest BCUT2D eigenvalue weighted by Gasteiger charge is -2.05. The maximum Gasteiger partial charge on any atom is 0.330 e. The first kappa shape index (κ1) is 16.8. The molecule has 0 aromatic heterocycles. The van der Waals surface area contributed by atoms with E-state index in [-0.39, 0.29) is 5.97 Å². The van der Waals surface area contributed by atoms with Crippen molar-refractivity contribution in [2.45, 2.75) is 13.8 Å². The molecule has 2 aromatic carbocycles. The summed E-state index contributed by atoms with van der Waals surface area (Å²) < 4.78 is 10.3. The third-order valence-electron chi connectivity index (χ3n) is 3.30. The van der Waals surface area contributed by atoms with Crippen molar-refractivity contribution in [2.75, 3.05) is 13.7 Å². The zero-order valence-corrected chi connectivity index (χ0v) is 13.8. The van der Waals surface area contributed by atoms with Crippen LogP contribution in [0.15, 0.2) is 54.6 Å². The molecule has 3 nitrogen and oxygen atoms in total. The second-order valence-electron chi connectivity index (χ2n) is 5.71. The lowest BCUT2D eigenvalue weighted by Crippen LogP contribution is -2.06. The highest BCUT2D eigenvalue weighted by Crippen LogP contribution is 2.22. The van der Waals surface area contributed by atoms with Crippen molar-refractivity contribution < 1.29 is 14.3 Å². The Morgan fingerprint density at radius 3 is 2.09 bits per heavy atom. The highest BCUT2D eigenvalue weighted by atomic mass is 16.5. The van der Waals surface area contributed by atoms with E-state index in [2.05, 4.69) is 0 Å². The van der Waals surface area contributed by atoms with E-state index in [9.17, 15) is 4.79 Å². The number of hydrogen-bond donors (Lipinski definition) is 0. The van der Waals surface area contributed by atoms with E-state index in [0.717, 1.165) is 22.4 Å². The van der Waals surface area contributed by atoms with Gasteiger partial charge in [0.25, 0.3) is 0 Å². The van der Waals surface area contributed by atoms with Crippen molar-refractivity contribution >= 4 is 12.0 Å². The second kappa shape index (κ2) is 8.18. The molecule has 23 heavy (non-hydrogen) atoms. The molecule has 0 heterocycles. The van der Waals surface area contributed by atoms with E-state index in [1.807, 2.05) is 62.4 Å². The molecule has 2 rings (SSSR count). The van der Waals surface area contributed by atoms with E-state index in [4.69, 9.17) is 9.47 Å². The Morgan fingerprint density at radius 1 is 1.00 bits per heavy atom. The van der Waals surface area contributed by atoms with Crippen molar-refractivity contribution in [3.63, 3.8) is 0 Å². The van der Waals surface area contributed by atoms with E-state index < -0.39 is 0 Å². The molecular weight excluding hydrogens is 288 g/mol. The van der Waals surface area contributed by atoms with Crippen molar-refractivity contribution in [3.05, 3.63) is 60.2 Å². The Labute approximate surface area is 137 Å². The average Bonchev–Trinajstić information content (AvgIpc) is 2.58. The first-order chi connectivity index (χ1) is 11.1. The molecule has 0 saturated carbocycles. The molecule has 0 aliphatic heterocycles. The fraction of sp³-hybridized carbons (Fsp3) is 0.250. The van der Waals surface area contributed by atoms with Gasteiger partial charge in [0, 0.05) is 6.08 Å². The largest absolute Gasteiger partial charge is 0.497 e. The summed E-state index contributed by atoms with van der Waals surface area (Å²) in [6, 6.07) is 15.9. The van der Waals surface area contributed by atoms with E-state index in [1.54, 1.807) is 13.2 Å². The molecule has 0 spiro atoms. The fourth-order valence-electron chi connectivity index (χ4n) is 2.03. The Morgan fingerprint density at radius 2 is 1.57 bits per heavy atom. The lowest BCUT2D eigenvalue weighted by atomic mass is 10.0. The monoisotopic (exact) mass is 310 g/mol. The third-order valence-corrected chi connectivity index (χ3v) is 3.30. The Bertz CT molecular complexity index is 652. The van der Waals surface area contributed by atoms with Crippen molar-refractivity contribution in [2.24, 2.45) is 5.92 Å². The van der Waals surface area contributed by atoms with E-state index in [1.165, 1.54) is 6.08 Å². The van der Waals surface area contributed by atoms with Crippen molar-refractivity contribution in [3.8, 4) is 16.9 Å². The van der Waals surface area contributed by atoms with Gasteiger partial charge in [-0.25, -0.2) is 4.79 Å². The molecule has 0 bridgehead atoms. The van der Waals surface area contributed by atoms with Crippen LogP contribution in [0.3, 0.4) is 0 Å². The predicted molar refractivity (Wildman–Crippen MR) is 93.3 cm³/mol. The summed E-state index contributed by atoms with van der Waals surface area (Å²) in [5.74, 6) is 0.877. The highest BCUT2D eigenvalue weighted by molar-refractivity contribution is 5.87. The second-order valence-corrected chi connectivity index (χ2v) is 5.71. The Balaban J connectivity index is 1.99. The van der Waals surface area contributed by atoms with Crippen LogP contribution in [0.25, 0.3) is 17.2 Å². The molecular formula is C20H22O3. The topological polar surface area (TPSA) is 35.5 Å². The van der Waals surface area contributed by atoms with Gasteiger partial charge in [-0.1, -0.05) is 50.2 Å². The highest BCUT2D eigenvalue weighted by Gasteiger charge is 2.01. The molecule has 0 N–H and O–H groups in total. The summed E-state index contributed by atoms with van der Waals surface area (Å²) in [5, 5.41) is 0. The normalized spacial score (nSPS) is 11.0. The van der Waals surface area contributed by atoms with Gasteiger partial charge in [-0.2, -0.15) is 0 Å². The molecule has 120 valence electrons. The first-order valence-corrected chi connectivity index (χ1v) is 7.68. The van der Waals surface area contributed by atoms with Crippen LogP contribution in [0.4, 0.5) is 0 Å². The molecule has 0 unspecified atom stereocenters. The van der Waals surface area contributed by atoms with Gasteiger partial charge >= 0.3 is 5.97 Å². The number of rotatable bonds is 6. The molecule has 0 fully saturated rings. The number of esters is 1. The van der Waals surface area contributed by atoms with Crippen LogP contribution in [0, 0.1) is 5.92 Å². The van der Waals surface area contributed by atoms with Gasteiger partial charge in [-0.05, 0) is 40.8 Å². The van der Waals surface area contributed by atoms with Gasteiger partial charge in [-0.3, -0.25) is 0 Å². The molecule has 3 heteroatoms. The van der Waals surface area contributed by atoms with Gasteiger partial charge in [-0.15, -0.1) is 0 Å². The van der Waals surface area contributed by atoms with Crippen LogP contribution < -0.4 is 4.74 Å². The maximum absolute atomic E-state index is 11.5. The molecule has 0 aliphatic carbocycles. The SMILES string of the molecule is COc1ccc(-c2ccc(C=CC(=O)OCC(C)C)cc2)cc1. The zero-order valence-electron chi connectivity index (χ0n) is 13.8. The van der Waals surface area contributed by atoms with E-state index in [0.29, 0.717) is 12.5 Å². The quantitative estimate of drug-likeness (QED) is 0.579. The van der Waals surface area contributed by atoms with Crippen LogP contribution in [0.5, 0.6) is 5.75 Å². The summed E-state index contributed by atoms with van der Waals surface area (Å²) in [6.45, 7) is 4.46. The molecule has 0 saturated heterocycles. The summed E-state index contributed by atoms with van der Waals surface area (Å²) in [6.07, 6.45) is 3.23. The number of hydrogen-bond acceptors (Lipinski definition) is 3. The molecule has 0 aliphatic rings. The Kier molecular flexibility index (Phi) is 5.98. The van der Waals surface area contributed by atoms with Gasteiger partial charge in [0.15, 0.2) is 0 Å². The van der Waals surface area contributed by atoms with Gasteiger partial charge < -0.3 is 9.47 Å². The van der Waals surface area contributed by atoms with Gasteiger partial charge in [0.1, 0.15) is 5.75 Å². The summed E-state index contributed by atoms with van der Waals surface area (Å²) in [7, 11) is 1.66. The standard InChI is InChI=1S/C20H22O3/c1-15(2)14-23-20(21)13-6-16-4-7-17(8-5-16)18-9-11-19(22-3)12-10-18/h4-13,15H,14H2,1-3H3. The first-order valence-electron chi connectivity index (χ1n) is 7.68. The minimum Gasteiger partial charge on any atom is -0.497 e. The average molecular weight is 310 g/mol. The number of carbonyl (C=O) groups is 1. The van der Waals surface area contributed by atoms with Gasteiger partial charge in [0.05, 0.1) is 13.7 Å². The number of benzene rings is 2. The maximum atomic E-state index is 11.5. The third kappa shape index (κ3) is 5.29. The molecule has 0 atom stereocenters. The number of ether oxygens (including phenoxy) is 2. The predicted octanol–water partition coefficient (Wildman–Crippen LogP) is 4.57. The minimum atomic E-state index is -0.307. The van der Waals surface area contributed by atoms with Crippen molar-refractivity contribution in [1.82, 2.24) is 0 Å². The number of methoxy groups -OCH3 is 1. The summed E-state index contributed by atoms with van der Waals surface area (Å²) >= 11 is 0. The van der Waals surface area contributed by atoms with Crippen LogP contribution in [0.2, 0.25) is 0 Å². The molecule has 0 radical (unpaired) electrons. The van der Waals surface area contributed by atoms with Gasteiger partial charge in [0.2, 0.25) is 0 Å². The van der Waals surface area contributed by atoms with Crippen LogP contribution in [-0.4, -0.2) is 19.7 Å². The van der Waals surface area contributed by atoms with Crippen molar-refractivity contribution in [1.29, 1.82) is 0 Å². The van der Waals surface area contributed by atoms with Crippen LogP contribution in [-0.2, 0) is 9.53 Å². The molecule has 0 amide bonds. The minimum absolute atomic E-state index is 0.307. The summed E-state index contributed by atoms with van der Waals surface area (Å²) in [5.41, 5.74) is 3.20. The smallest absolute Gasteiger partial charge is 0.330 e. The Hall–Kier alpha value is -2.55. The van der Waals surface area contributed by atoms with E-state index >= 15 is 0 Å². The zero-order chi connectivity index (χ0) is 16.7. The number of carbonyl (C=O) groups excluding carboxylic acids is 1.